The zero-order chi connectivity index (χ0) is 23.2. The van der Waals surface area contributed by atoms with Crippen LogP contribution < -0.4 is 15.4 Å². The smallest absolute Gasteiger partial charge is 0.273 e. The molecule has 172 valence electrons. The monoisotopic (exact) mass is 468 g/mol. The molecule has 4 rings (SSSR count). The maximum absolute atomic E-state index is 12.7. The molecule has 1 aliphatic carbocycles. The molecule has 0 radical (unpaired) electrons. The molecule has 1 aromatic carbocycles. The van der Waals surface area contributed by atoms with Crippen LogP contribution >= 0.6 is 11.6 Å². The third kappa shape index (κ3) is 5.87. The number of ether oxygens (including phenoxy) is 1. The molecule has 0 saturated heterocycles. The number of aromatic nitrogens is 4. The molecule has 33 heavy (non-hydrogen) atoms. The number of hydrogen-bond donors (Lipinski definition) is 2. The molecule has 1 aliphatic rings. The number of benzene rings is 1. The molecule has 3 aromatic rings. The van der Waals surface area contributed by atoms with Gasteiger partial charge in [-0.15, -0.1) is 5.10 Å². The van der Waals surface area contributed by atoms with Crippen molar-refractivity contribution in [3.05, 3.63) is 64.6 Å². The van der Waals surface area contributed by atoms with Crippen LogP contribution in [-0.2, 0) is 6.42 Å². The zero-order valence-electron chi connectivity index (χ0n) is 18.3. The number of amides is 2. The van der Waals surface area contributed by atoms with Gasteiger partial charge in [-0.05, 0) is 62.9 Å². The first-order valence-electron chi connectivity index (χ1n) is 10.9. The molecule has 9 nitrogen and oxygen atoms in total. The minimum Gasteiger partial charge on any atom is -0.478 e. The quantitative estimate of drug-likeness (QED) is 0.442. The van der Waals surface area contributed by atoms with Gasteiger partial charge in [0.25, 0.3) is 11.8 Å². The number of pyridine rings is 1. The van der Waals surface area contributed by atoms with Gasteiger partial charge < -0.3 is 15.4 Å². The molecule has 1 saturated carbocycles. The Morgan fingerprint density at radius 3 is 2.61 bits per heavy atom. The van der Waals surface area contributed by atoms with Gasteiger partial charge in [0.2, 0.25) is 5.88 Å². The summed E-state index contributed by atoms with van der Waals surface area (Å²) in [6.07, 6.45) is 4.64. The van der Waals surface area contributed by atoms with Crippen molar-refractivity contribution >= 4 is 23.4 Å². The Kier molecular flexibility index (Phi) is 7.19. The topological polar surface area (TPSA) is 111 Å². The van der Waals surface area contributed by atoms with E-state index in [0.717, 1.165) is 18.5 Å². The van der Waals surface area contributed by atoms with Crippen molar-refractivity contribution in [3.63, 3.8) is 0 Å². The Hall–Kier alpha value is -3.46. The van der Waals surface area contributed by atoms with E-state index in [9.17, 15) is 9.59 Å². The second kappa shape index (κ2) is 10.4. The maximum Gasteiger partial charge on any atom is 0.273 e. The molecule has 0 spiro atoms. The highest BCUT2D eigenvalue weighted by atomic mass is 35.5. The highest BCUT2D eigenvalue weighted by molar-refractivity contribution is 6.30. The molecule has 0 atom stereocenters. The van der Waals surface area contributed by atoms with E-state index >= 15 is 0 Å². The van der Waals surface area contributed by atoms with Crippen LogP contribution in [-0.4, -0.2) is 51.0 Å². The zero-order valence-corrected chi connectivity index (χ0v) is 19.0. The highest BCUT2D eigenvalue weighted by Gasteiger charge is 2.27. The Balaban J connectivity index is 1.49. The summed E-state index contributed by atoms with van der Waals surface area (Å²) in [6.45, 7) is 2.83. The van der Waals surface area contributed by atoms with Crippen molar-refractivity contribution in [2.24, 2.45) is 0 Å². The first-order valence-corrected chi connectivity index (χ1v) is 11.3. The lowest BCUT2D eigenvalue weighted by atomic mass is 10.1. The van der Waals surface area contributed by atoms with Gasteiger partial charge in [-0.25, -0.2) is 9.67 Å². The van der Waals surface area contributed by atoms with Crippen LogP contribution in [0.15, 0.2) is 42.6 Å². The summed E-state index contributed by atoms with van der Waals surface area (Å²) in [5.74, 6) is 0.122. The minimum atomic E-state index is -0.224. The van der Waals surface area contributed by atoms with E-state index < -0.39 is 0 Å². The van der Waals surface area contributed by atoms with E-state index in [-0.39, 0.29) is 17.9 Å². The Morgan fingerprint density at radius 1 is 1.15 bits per heavy atom. The molecular weight excluding hydrogens is 444 g/mol. The van der Waals surface area contributed by atoms with Crippen LogP contribution in [0.5, 0.6) is 5.88 Å². The third-order valence-corrected chi connectivity index (χ3v) is 5.33. The lowest BCUT2D eigenvalue weighted by molar-refractivity contribution is 0.0940. The highest BCUT2D eigenvalue weighted by Crippen LogP contribution is 2.21. The van der Waals surface area contributed by atoms with Crippen LogP contribution in [0.4, 0.5) is 0 Å². The summed E-state index contributed by atoms with van der Waals surface area (Å²) in [7, 11) is 0. The fourth-order valence-corrected chi connectivity index (χ4v) is 3.38. The van der Waals surface area contributed by atoms with Crippen molar-refractivity contribution in [3.8, 4) is 11.6 Å². The van der Waals surface area contributed by atoms with Crippen LogP contribution in [0.25, 0.3) is 5.69 Å². The van der Waals surface area contributed by atoms with Crippen molar-refractivity contribution in [1.29, 1.82) is 0 Å². The predicted molar refractivity (Wildman–Crippen MR) is 123 cm³/mol. The molecule has 2 amide bonds. The number of carbonyl (C=O) groups is 2. The lowest BCUT2D eigenvalue weighted by Crippen LogP contribution is -2.27. The largest absolute Gasteiger partial charge is 0.478 e. The number of rotatable bonds is 10. The van der Waals surface area contributed by atoms with E-state index in [4.69, 9.17) is 16.3 Å². The van der Waals surface area contributed by atoms with Crippen LogP contribution in [0.3, 0.4) is 0 Å². The maximum atomic E-state index is 12.7. The van der Waals surface area contributed by atoms with Gasteiger partial charge in [-0.1, -0.05) is 16.8 Å². The van der Waals surface area contributed by atoms with E-state index in [1.165, 1.54) is 6.20 Å². The third-order valence-electron chi connectivity index (χ3n) is 5.11. The normalized spacial score (nSPS) is 12.9. The molecule has 0 bridgehead atoms. The van der Waals surface area contributed by atoms with Gasteiger partial charge in [-0.2, -0.15) is 0 Å². The van der Waals surface area contributed by atoms with Crippen molar-refractivity contribution in [2.75, 3.05) is 13.2 Å². The standard InChI is InChI=1S/C23H25ClN6O3/c1-2-25-22(31)15-5-10-18(11-6-15)30-19(21(28-29-30)23(32)27-17-8-9-17)4-3-13-33-20-12-7-16(24)14-26-20/h5-7,10-12,14,17H,2-4,8-9,13H2,1H3,(H,25,31)(H,27,32). The average molecular weight is 469 g/mol. The van der Waals surface area contributed by atoms with Gasteiger partial charge in [0.05, 0.1) is 23.0 Å². The molecule has 2 heterocycles. The molecule has 1 fully saturated rings. The Labute approximate surface area is 196 Å². The molecule has 2 aromatic heterocycles. The molecule has 2 N–H and O–H groups in total. The summed E-state index contributed by atoms with van der Waals surface area (Å²) < 4.78 is 7.32. The summed E-state index contributed by atoms with van der Waals surface area (Å²) >= 11 is 5.85. The minimum absolute atomic E-state index is 0.139. The van der Waals surface area contributed by atoms with Crippen molar-refractivity contribution in [1.82, 2.24) is 30.6 Å². The van der Waals surface area contributed by atoms with Crippen molar-refractivity contribution in [2.45, 2.75) is 38.6 Å². The number of halogens is 1. The van der Waals surface area contributed by atoms with E-state index in [2.05, 4.69) is 25.9 Å². The van der Waals surface area contributed by atoms with Gasteiger partial charge in [0.1, 0.15) is 0 Å². The number of carbonyl (C=O) groups excluding carboxylic acids is 2. The Morgan fingerprint density at radius 2 is 1.94 bits per heavy atom. The molecule has 0 unspecified atom stereocenters. The van der Waals surface area contributed by atoms with Crippen LogP contribution in [0.2, 0.25) is 5.02 Å². The fraction of sp³-hybridized carbons (Fsp3) is 0.348. The van der Waals surface area contributed by atoms with E-state index in [1.54, 1.807) is 41.1 Å². The van der Waals surface area contributed by atoms with E-state index in [0.29, 0.717) is 53.8 Å². The van der Waals surface area contributed by atoms with Gasteiger partial charge >= 0.3 is 0 Å². The summed E-state index contributed by atoms with van der Waals surface area (Å²) in [5.41, 5.74) is 2.26. The number of hydrogen-bond acceptors (Lipinski definition) is 6. The average Bonchev–Trinajstić information content (AvgIpc) is 3.53. The summed E-state index contributed by atoms with van der Waals surface area (Å²) in [6, 6.07) is 10.7. The molecule has 0 aliphatic heterocycles. The predicted octanol–water partition coefficient (Wildman–Crippen LogP) is 2.97. The second-order valence-electron chi connectivity index (χ2n) is 7.72. The SMILES string of the molecule is CCNC(=O)c1ccc(-n2nnc(C(=O)NC3CC3)c2CCCOc2ccc(Cl)cn2)cc1. The van der Waals surface area contributed by atoms with Crippen LogP contribution in [0, 0.1) is 0 Å². The van der Waals surface area contributed by atoms with E-state index in [1.807, 2.05) is 6.92 Å². The first kappa shape index (κ1) is 22.7. The summed E-state index contributed by atoms with van der Waals surface area (Å²) in [4.78, 5) is 28.9. The number of nitrogens with zero attached hydrogens (tertiary/aromatic N) is 4. The molecule has 10 heteroatoms. The fourth-order valence-electron chi connectivity index (χ4n) is 3.27. The number of nitrogens with one attached hydrogen (secondary N) is 2. The Bertz CT molecular complexity index is 1110. The summed E-state index contributed by atoms with van der Waals surface area (Å²) in [5, 5.41) is 14.7. The lowest BCUT2D eigenvalue weighted by Gasteiger charge is -2.10. The first-order chi connectivity index (χ1) is 16.0. The van der Waals surface area contributed by atoms with Gasteiger partial charge in [0, 0.05) is 30.4 Å². The van der Waals surface area contributed by atoms with Gasteiger partial charge in [0.15, 0.2) is 5.69 Å². The molecular formula is C23H25ClN6O3. The second-order valence-corrected chi connectivity index (χ2v) is 8.15. The van der Waals surface area contributed by atoms with Crippen LogP contribution in [0.1, 0.15) is 52.7 Å². The van der Waals surface area contributed by atoms with Gasteiger partial charge in [-0.3, -0.25) is 9.59 Å². The van der Waals surface area contributed by atoms with Crippen molar-refractivity contribution < 1.29 is 14.3 Å².